The Morgan fingerprint density at radius 2 is 1.89 bits per heavy atom. The molecule has 1 aliphatic carbocycles. The molecular weight excluding hydrogens is 582 g/mol. The van der Waals surface area contributed by atoms with Gasteiger partial charge in [0.25, 0.3) is 0 Å². The number of pyridine rings is 2. The summed E-state index contributed by atoms with van der Waals surface area (Å²) < 4.78 is 13.0. The highest BCUT2D eigenvalue weighted by Gasteiger charge is 2.35. The van der Waals surface area contributed by atoms with Crippen LogP contribution in [0.1, 0.15) is 61.3 Å². The van der Waals surface area contributed by atoms with Crippen LogP contribution in [0.5, 0.6) is 5.88 Å². The van der Waals surface area contributed by atoms with Gasteiger partial charge in [0.05, 0.1) is 42.2 Å². The number of ketones is 1. The second-order valence-electron chi connectivity index (χ2n) is 12.1. The highest BCUT2D eigenvalue weighted by atomic mass is 16.5. The zero-order valence-corrected chi connectivity index (χ0v) is 25.9. The number of methoxy groups -OCH3 is 2. The molecule has 0 unspecified atom stereocenters. The molecule has 0 amide bonds. The summed E-state index contributed by atoms with van der Waals surface area (Å²) in [4.78, 5) is 28.4. The number of aromatic amines is 1. The first-order valence-corrected chi connectivity index (χ1v) is 15.6. The third-order valence-electron chi connectivity index (χ3n) is 9.48. The zero-order chi connectivity index (χ0) is 31.7. The van der Waals surface area contributed by atoms with Crippen LogP contribution in [0.15, 0.2) is 55.2 Å². The number of Topliss-reactive ketones (excluding diaryl/α,β-unsaturated/α-hetero) is 1. The lowest BCUT2D eigenvalue weighted by atomic mass is 9.84. The van der Waals surface area contributed by atoms with Gasteiger partial charge in [0, 0.05) is 81.2 Å². The van der Waals surface area contributed by atoms with E-state index < -0.39 is 0 Å². The third kappa shape index (κ3) is 5.58. The van der Waals surface area contributed by atoms with Crippen molar-refractivity contribution in [3.63, 3.8) is 0 Å². The fraction of sp³-hybridized carbons (Fsp3) is 0.382. The summed E-state index contributed by atoms with van der Waals surface area (Å²) in [5, 5.41) is 21.9. The highest BCUT2D eigenvalue weighted by molar-refractivity contribution is 5.83. The van der Waals surface area contributed by atoms with Crippen molar-refractivity contribution in [3.05, 3.63) is 72.1 Å². The van der Waals surface area contributed by atoms with Crippen LogP contribution in [-0.4, -0.2) is 73.5 Å². The molecule has 234 valence electrons. The molecule has 2 aliphatic rings. The highest BCUT2D eigenvalue weighted by Crippen LogP contribution is 2.37. The first-order valence-electron chi connectivity index (χ1n) is 15.6. The Balaban J connectivity index is 1.14. The Kier molecular flexibility index (Phi) is 7.92. The summed E-state index contributed by atoms with van der Waals surface area (Å²) in [6, 6.07) is 10.2. The molecule has 1 N–H and O–H groups in total. The number of piperidine rings is 1. The van der Waals surface area contributed by atoms with Crippen molar-refractivity contribution in [2.75, 3.05) is 32.2 Å². The predicted octanol–water partition coefficient (Wildman–Crippen LogP) is 4.91. The number of anilines is 1. The summed E-state index contributed by atoms with van der Waals surface area (Å²) in [5.74, 6) is 1.97. The van der Waals surface area contributed by atoms with E-state index in [-0.39, 0.29) is 11.5 Å². The van der Waals surface area contributed by atoms with Crippen molar-refractivity contribution in [1.29, 1.82) is 5.26 Å². The lowest BCUT2D eigenvalue weighted by molar-refractivity contribution is -0.120. The fourth-order valence-corrected chi connectivity index (χ4v) is 6.78. The maximum absolute atomic E-state index is 11.9. The van der Waals surface area contributed by atoms with Gasteiger partial charge in [0.2, 0.25) is 5.88 Å². The summed E-state index contributed by atoms with van der Waals surface area (Å²) in [7, 11) is 3.40. The maximum atomic E-state index is 11.9. The largest absolute Gasteiger partial charge is 0.481 e. The Labute approximate surface area is 266 Å². The molecule has 1 aliphatic heterocycles. The summed E-state index contributed by atoms with van der Waals surface area (Å²) in [6.07, 6.45) is 14.1. The predicted molar refractivity (Wildman–Crippen MR) is 170 cm³/mol. The number of nitrogens with zero attached hydrogens (tertiary/aromatic N) is 8. The Morgan fingerprint density at radius 1 is 1.07 bits per heavy atom. The third-order valence-corrected chi connectivity index (χ3v) is 9.48. The maximum Gasteiger partial charge on any atom is 0.212 e. The molecule has 5 aromatic heterocycles. The van der Waals surface area contributed by atoms with Gasteiger partial charge in [-0.25, -0.2) is 19.5 Å². The van der Waals surface area contributed by atoms with Crippen molar-refractivity contribution in [1.82, 2.24) is 34.8 Å². The minimum Gasteiger partial charge on any atom is -0.481 e. The molecule has 6 heterocycles. The van der Waals surface area contributed by atoms with Gasteiger partial charge in [-0.05, 0) is 43.4 Å². The second-order valence-corrected chi connectivity index (χ2v) is 12.1. The molecule has 5 aromatic rings. The molecule has 12 nitrogen and oxygen atoms in total. The van der Waals surface area contributed by atoms with E-state index in [0.29, 0.717) is 47.0 Å². The van der Waals surface area contributed by atoms with Gasteiger partial charge >= 0.3 is 0 Å². The van der Waals surface area contributed by atoms with Gasteiger partial charge in [0.1, 0.15) is 28.8 Å². The standard InChI is InChI=1S/C34H35N9O3/c1-45-30-10-3-22(17-37-30)15-34(46-2)11-13-42(14-12-34)29-9-6-24(18-36-29)32-33-25(16-35)19-39-43(33)21-28(40-32)27-20-38-41-31(27)23-4-7-26(44)8-5-23/h3,6,9-10,17-21,23H,4-5,7-8,11-15H2,1-2H3,(H,38,41). The van der Waals surface area contributed by atoms with Gasteiger partial charge < -0.3 is 14.4 Å². The molecule has 46 heavy (non-hydrogen) atoms. The molecule has 1 saturated carbocycles. The monoisotopic (exact) mass is 617 g/mol. The zero-order valence-electron chi connectivity index (χ0n) is 25.9. The number of nitrogens with one attached hydrogen (secondary N) is 1. The van der Waals surface area contributed by atoms with E-state index >= 15 is 0 Å². The van der Waals surface area contributed by atoms with E-state index in [1.807, 2.05) is 49.1 Å². The SMILES string of the molecule is COc1ccc(CC2(OC)CCN(c3ccc(-c4nc(-c5c[nH]nc5C5CCC(=O)CC5)cn5ncc(C#N)c45)cn3)CC2)cn1. The number of ether oxygens (including phenoxy) is 2. The average molecular weight is 618 g/mol. The first-order chi connectivity index (χ1) is 22.5. The van der Waals surface area contributed by atoms with E-state index in [4.69, 9.17) is 19.4 Å². The number of H-pyrrole nitrogens is 1. The Morgan fingerprint density at radius 3 is 2.57 bits per heavy atom. The normalized spacial score (nSPS) is 16.9. The summed E-state index contributed by atoms with van der Waals surface area (Å²) in [5.41, 5.74) is 5.82. The molecule has 0 atom stereocenters. The van der Waals surface area contributed by atoms with E-state index in [1.54, 1.807) is 24.9 Å². The Hall–Kier alpha value is -5.15. The van der Waals surface area contributed by atoms with Crippen LogP contribution in [-0.2, 0) is 16.0 Å². The molecule has 1 saturated heterocycles. The molecule has 12 heteroatoms. The minimum atomic E-state index is -0.266. The number of aromatic nitrogens is 7. The number of hydrogen-bond acceptors (Lipinski definition) is 10. The van der Waals surface area contributed by atoms with E-state index in [2.05, 4.69) is 31.2 Å². The van der Waals surface area contributed by atoms with E-state index in [1.165, 1.54) is 0 Å². The van der Waals surface area contributed by atoms with Crippen LogP contribution in [0.4, 0.5) is 5.82 Å². The second kappa shape index (κ2) is 12.3. The molecule has 0 spiro atoms. The average Bonchev–Trinajstić information content (AvgIpc) is 3.77. The van der Waals surface area contributed by atoms with Crippen LogP contribution in [0.2, 0.25) is 0 Å². The lowest BCUT2D eigenvalue weighted by Gasteiger charge is -2.41. The molecular formula is C34H35N9O3. The number of carbonyl (C=O) groups excluding carboxylic acids is 1. The molecule has 0 aromatic carbocycles. The van der Waals surface area contributed by atoms with Gasteiger partial charge in [-0.15, -0.1) is 0 Å². The number of hydrogen-bond donors (Lipinski definition) is 1. The number of nitriles is 1. The molecule has 2 fully saturated rings. The van der Waals surface area contributed by atoms with E-state index in [0.717, 1.165) is 73.4 Å². The van der Waals surface area contributed by atoms with E-state index in [9.17, 15) is 10.1 Å². The van der Waals surface area contributed by atoms with Crippen molar-refractivity contribution in [3.8, 4) is 34.5 Å². The molecule has 0 radical (unpaired) electrons. The van der Waals surface area contributed by atoms with Gasteiger partial charge in [-0.2, -0.15) is 15.5 Å². The van der Waals surface area contributed by atoms with Crippen molar-refractivity contribution < 1.29 is 14.3 Å². The minimum absolute atomic E-state index is 0.183. The molecule has 0 bridgehead atoms. The van der Waals surface area contributed by atoms with Crippen molar-refractivity contribution in [2.45, 2.75) is 56.5 Å². The number of carbonyl (C=O) groups is 1. The van der Waals surface area contributed by atoms with Crippen LogP contribution in [0.25, 0.3) is 28.0 Å². The Bertz CT molecular complexity index is 1890. The smallest absolute Gasteiger partial charge is 0.212 e. The topological polar surface area (TPSA) is 147 Å². The van der Waals surface area contributed by atoms with Gasteiger partial charge in [0.15, 0.2) is 0 Å². The number of fused-ring (bicyclic) bond motifs is 1. The van der Waals surface area contributed by atoms with Crippen molar-refractivity contribution >= 4 is 17.1 Å². The van der Waals surface area contributed by atoms with Crippen LogP contribution in [0, 0.1) is 11.3 Å². The first kappa shape index (κ1) is 29.6. The molecule has 7 rings (SSSR count). The van der Waals surface area contributed by atoms with Crippen molar-refractivity contribution in [2.24, 2.45) is 0 Å². The quantitative estimate of drug-likeness (QED) is 0.255. The van der Waals surface area contributed by atoms with Gasteiger partial charge in [-0.1, -0.05) is 6.07 Å². The number of rotatable bonds is 8. The summed E-state index contributed by atoms with van der Waals surface area (Å²) in [6.45, 7) is 1.61. The summed E-state index contributed by atoms with van der Waals surface area (Å²) >= 11 is 0. The van der Waals surface area contributed by atoms with Gasteiger partial charge in [-0.3, -0.25) is 9.89 Å². The van der Waals surface area contributed by atoms with Crippen LogP contribution >= 0.6 is 0 Å². The fourth-order valence-electron chi connectivity index (χ4n) is 6.78. The lowest BCUT2D eigenvalue weighted by Crippen LogP contribution is -2.47. The van der Waals surface area contributed by atoms with Crippen LogP contribution in [0.3, 0.4) is 0 Å². The van der Waals surface area contributed by atoms with Crippen LogP contribution < -0.4 is 9.64 Å².